The molecule has 2 aromatic heterocycles. The van der Waals surface area contributed by atoms with Crippen LogP contribution in [0.15, 0.2) is 22.7 Å². The molecule has 0 amide bonds. The van der Waals surface area contributed by atoms with Crippen LogP contribution < -0.4 is 5.32 Å². The number of aliphatic hydroxyl groups excluding tert-OH is 1. The molecule has 2 heterocycles. The third-order valence-corrected chi connectivity index (χ3v) is 3.83. The van der Waals surface area contributed by atoms with Crippen molar-refractivity contribution >= 4 is 38.3 Å². The first-order valence-electron chi connectivity index (χ1n) is 5.97. The van der Waals surface area contributed by atoms with E-state index < -0.39 is 0 Å². The van der Waals surface area contributed by atoms with E-state index in [2.05, 4.69) is 20.4 Å². The van der Waals surface area contributed by atoms with E-state index in [1.165, 1.54) is 0 Å². The van der Waals surface area contributed by atoms with E-state index >= 15 is 0 Å². The third-order valence-electron chi connectivity index (χ3n) is 2.62. The normalized spacial score (nSPS) is 11.1. The lowest BCUT2D eigenvalue weighted by molar-refractivity contribution is 0.222. The van der Waals surface area contributed by atoms with Crippen molar-refractivity contribution in [2.75, 3.05) is 11.9 Å². The summed E-state index contributed by atoms with van der Waals surface area (Å²) in [5, 5.41) is 17.3. The van der Waals surface area contributed by atoms with Gasteiger partial charge in [0, 0.05) is 18.0 Å². The number of rotatable bonds is 5. The van der Waals surface area contributed by atoms with Crippen LogP contribution in [0.3, 0.4) is 0 Å². The van der Waals surface area contributed by atoms with Crippen molar-refractivity contribution in [3.05, 3.63) is 34.9 Å². The highest BCUT2D eigenvalue weighted by Gasteiger charge is 2.06. The lowest BCUT2D eigenvalue weighted by atomic mass is 10.3. The van der Waals surface area contributed by atoms with Gasteiger partial charge in [-0.15, -0.1) is 0 Å². The summed E-state index contributed by atoms with van der Waals surface area (Å²) in [4.78, 5) is 8.46. The fraction of sp³-hybridized carbons (Fsp3) is 0.250. The third kappa shape index (κ3) is 2.90. The molecule has 6 nitrogen and oxygen atoms in total. The highest BCUT2D eigenvalue weighted by molar-refractivity contribution is 7.22. The Balaban J connectivity index is 1.62. The van der Waals surface area contributed by atoms with E-state index in [0.717, 1.165) is 15.3 Å². The molecule has 2 N–H and O–H groups in total. The molecule has 20 heavy (non-hydrogen) atoms. The summed E-state index contributed by atoms with van der Waals surface area (Å²) in [6, 6.07) is 5.61. The molecule has 0 saturated carbocycles. The molecular formula is C12H11ClN4O2S. The zero-order valence-corrected chi connectivity index (χ0v) is 11.9. The molecule has 0 saturated heterocycles. The summed E-state index contributed by atoms with van der Waals surface area (Å²) in [6.07, 6.45) is 0.597. The fourth-order valence-electron chi connectivity index (χ4n) is 1.71. The van der Waals surface area contributed by atoms with Crippen molar-refractivity contribution in [3.8, 4) is 0 Å². The second-order valence-corrected chi connectivity index (χ2v) is 5.54. The van der Waals surface area contributed by atoms with E-state index in [1.54, 1.807) is 11.3 Å². The van der Waals surface area contributed by atoms with Gasteiger partial charge in [0.2, 0.25) is 0 Å². The molecule has 0 aliphatic carbocycles. The maximum absolute atomic E-state index is 8.83. The number of aromatic nitrogens is 3. The van der Waals surface area contributed by atoms with Crippen LogP contribution in [0.4, 0.5) is 5.13 Å². The van der Waals surface area contributed by atoms with Crippen LogP contribution in [0, 0.1) is 0 Å². The summed E-state index contributed by atoms with van der Waals surface area (Å²) < 4.78 is 5.85. The summed E-state index contributed by atoms with van der Waals surface area (Å²) in [5.74, 6) is 0.792. The number of anilines is 1. The Labute approximate surface area is 123 Å². The summed E-state index contributed by atoms with van der Waals surface area (Å²) >= 11 is 7.48. The first-order valence-corrected chi connectivity index (χ1v) is 7.16. The number of aliphatic hydroxyl groups is 1. The maximum Gasteiger partial charge on any atom is 0.252 e. The van der Waals surface area contributed by atoms with Crippen molar-refractivity contribution in [2.24, 2.45) is 0 Å². The number of halogens is 1. The van der Waals surface area contributed by atoms with Crippen LogP contribution >= 0.6 is 22.9 Å². The van der Waals surface area contributed by atoms with Crippen LogP contribution in [0.25, 0.3) is 10.2 Å². The Morgan fingerprint density at radius 3 is 3.05 bits per heavy atom. The molecule has 0 aliphatic rings. The molecule has 0 fully saturated rings. The number of nitrogens with one attached hydrogen (secondary N) is 1. The van der Waals surface area contributed by atoms with Crippen LogP contribution in [-0.4, -0.2) is 26.8 Å². The van der Waals surface area contributed by atoms with Gasteiger partial charge in [-0.1, -0.05) is 28.1 Å². The fourth-order valence-corrected chi connectivity index (χ4v) is 2.88. The second-order valence-electron chi connectivity index (χ2n) is 4.07. The first kappa shape index (κ1) is 13.3. The lowest BCUT2D eigenvalue weighted by Crippen LogP contribution is -2.05. The minimum Gasteiger partial charge on any atom is -0.387 e. The molecule has 3 rings (SSSR count). The van der Waals surface area contributed by atoms with Crippen molar-refractivity contribution < 1.29 is 9.63 Å². The molecule has 0 atom stereocenters. The van der Waals surface area contributed by atoms with Crippen LogP contribution in [0.5, 0.6) is 0 Å². The quantitative estimate of drug-likeness (QED) is 0.753. The highest BCUT2D eigenvalue weighted by Crippen LogP contribution is 2.28. The Morgan fingerprint density at radius 1 is 1.35 bits per heavy atom. The topological polar surface area (TPSA) is 84.1 Å². The highest BCUT2D eigenvalue weighted by atomic mass is 35.5. The first-order chi connectivity index (χ1) is 9.74. The molecular weight excluding hydrogens is 300 g/mol. The molecule has 0 bridgehead atoms. The molecule has 1 aromatic carbocycles. The smallest absolute Gasteiger partial charge is 0.252 e. The lowest BCUT2D eigenvalue weighted by Gasteiger charge is -1.97. The van der Waals surface area contributed by atoms with Gasteiger partial charge < -0.3 is 14.9 Å². The average Bonchev–Trinajstić information content (AvgIpc) is 3.04. The zero-order valence-electron chi connectivity index (χ0n) is 10.3. The zero-order chi connectivity index (χ0) is 13.9. The van der Waals surface area contributed by atoms with Gasteiger partial charge in [-0.2, -0.15) is 4.98 Å². The van der Waals surface area contributed by atoms with E-state index in [9.17, 15) is 0 Å². The van der Waals surface area contributed by atoms with Gasteiger partial charge in [0.25, 0.3) is 5.89 Å². The standard InChI is InChI=1S/C12H11ClN4O2S/c13-7-1-2-8-9(5-7)20-12(15-8)14-4-3-10-16-11(6-18)19-17-10/h1-2,5,18H,3-4,6H2,(H,14,15). The second kappa shape index (κ2) is 5.74. The van der Waals surface area contributed by atoms with Crippen molar-refractivity contribution in [1.82, 2.24) is 15.1 Å². The molecule has 0 spiro atoms. The van der Waals surface area contributed by atoms with Crippen molar-refractivity contribution in [3.63, 3.8) is 0 Å². The summed E-state index contributed by atoms with van der Waals surface area (Å²) in [6.45, 7) is 0.400. The van der Waals surface area contributed by atoms with Gasteiger partial charge in [-0.25, -0.2) is 4.98 Å². The van der Waals surface area contributed by atoms with Gasteiger partial charge in [0.15, 0.2) is 11.0 Å². The molecule has 3 aromatic rings. The van der Waals surface area contributed by atoms with E-state index in [1.807, 2.05) is 18.2 Å². The Bertz CT molecular complexity index is 727. The number of thiazole rings is 1. The largest absolute Gasteiger partial charge is 0.387 e. The van der Waals surface area contributed by atoms with Crippen molar-refractivity contribution in [1.29, 1.82) is 0 Å². The number of benzene rings is 1. The minimum absolute atomic E-state index is 0.231. The maximum atomic E-state index is 8.83. The minimum atomic E-state index is -0.237. The molecule has 8 heteroatoms. The average molecular weight is 311 g/mol. The van der Waals surface area contributed by atoms with Crippen LogP contribution in [0.1, 0.15) is 11.7 Å². The summed E-state index contributed by atoms with van der Waals surface area (Å²) in [7, 11) is 0. The SMILES string of the molecule is OCc1nc(CCNc2nc3ccc(Cl)cc3s2)no1. The number of nitrogens with zero attached hydrogens (tertiary/aromatic N) is 3. The number of hydrogen-bond acceptors (Lipinski definition) is 7. The molecule has 104 valence electrons. The predicted molar refractivity (Wildman–Crippen MR) is 77.0 cm³/mol. The van der Waals surface area contributed by atoms with E-state index in [-0.39, 0.29) is 12.5 Å². The number of hydrogen-bond donors (Lipinski definition) is 2. The van der Waals surface area contributed by atoms with E-state index in [4.69, 9.17) is 21.2 Å². The Hall–Kier alpha value is -1.70. The van der Waals surface area contributed by atoms with Crippen LogP contribution in [0.2, 0.25) is 5.02 Å². The number of fused-ring (bicyclic) bond motifs is 1. The van der Waals surface area contributed by atoms with E-state index in [0.29, 0.717) is 23.8 Å². The van der Waals surface area contributed by atoms with Gasteiger partial charge in [0.1, 0.15) is 6.61 Å². The predicted octanol–water partition coefficient (Wildman–Crippen LogP) is 2.48. The van der Waals surface area contributed by atoms with Crippen LogP contribution in [-0.2, 0) is 13.0 Å². The molecule has 0 unspecified atom stereocenters. The van der Waals surface area contributed by atoms with Gasteiger partial charge in [-0.3, -0.25) is 0 Å². The van der Waals surface area contributed by atoms with Gasteiger partial charge >= 0.3 is 0 Å². The summed E-state index contributed by atoms with van der Waals surface area (Å²) in [5.41, 5.74) is 0.920. The van der Waals surface area contributed by atoms with Gasteiger partial charge in [0.05, 0.1) is 10.2 Å². The Morgan fingerprint density at radius 2 is 2.25 bits per heavy atom. The monoisotopic (exact) mass is 310 g/mol. The molecule has 0 aliphatic heterocycles. The van der Waals surface area contributed by atoms with Gasteiger partial charge in [-0.05, 0) is 18.2 Å². The van der Waals surface area contributed by atoms with Crippen molar-refractivity contribution in [2.45, 2.75) is 13.0 Å². The molecule has 0 radical (unpaired) electrons. The Kier molecular flexibility index (Phi) is 3.81.